The van der Waals surface area contributed by atoms with Gasteiger partial charge in [0.2, 0.25) is 0 Å². The van der Waals surface area contributed by atoms with Crippen molar-refractivity contribution >= 4 is 5.69 Å². The lowest BCUT2D eigenvalue weighted by Crippen LogP contribution is -2.40. The van der Waals surface area contributed by atoms with Crippen LogP contribution in [0.1, 0.15) is 30.5 Å². The molecule has 2 aromatic carbocycles. The van der Waals surface area contributed by atoms with Crippen molar-refractivity contribution in [3.8, 4) is 0 Å². The molecule has 2 aromatic rings. The molecular formula is C18H21NO. The Morgan fingerprint density at radius 2 is 1.85 bits per heavy atom. The second kappa shape index (κ2) is 4.95. The number of anilines is 1. The van der Waals surface area contributed by atoms with E-state index in [0.29, 0.717) is 0 Å². The summed E-state index contributed by atoms with van der Waals surface area (Å²) in [6.45, 7) is 4.04. The molecule has 2 nitrogen and oxygen atoms in total. The van der Waals surface area contributed by atoms with Crippen molar-refractivity contribution in [1.29, 1.82) is 0 Å². The Kier molecular flexibility index (Phi) is 3.27. The van der Waals surface area contributed by atoms with Crippen LogP contribution in [0.2, 0.25) is 0 Å². The van der Waals surface area contributed by atoms with E-state index in [4.69, 9.17) is 0 Å². The first-order chi connectivity index (χ1) is 9.61. The molecule has 0 fully saturated rings. The predicted molar refractivity (Wildman–Crippen MR) is 82.9 cm³/mol. The first kappa shape index (κ1) is 13.2. The van der Waals surface area contributed by atoms with E-state index in [1.54, 1.807) is 0 Å². The van der Waals surface area contributed by atoms with Crippen LogP contribution in [-0.4, -0.2) is 11.1 Å². The lowest BCUT2D eigenvalue weighted by molar-refractivity contribution is 0.0381. The molecule has 0 spiro atoms. The fraction of sp³-hybridized carbons (Fsp3) is 0.333. The van der Waals surface area contributed by atoms with Crippen LogP contribution in [0.3, 0.4) is 0 Å². The van der Waals surface area contributed by atoms with E-state index in [-0.39, 0.29) is 6.04 Å². The van der Waals surface area contributed by atoms with Crippen molar-refractivity contribution in [3.05, 3.63) is 65.2 Å². The topological polar surface area (TPSA) is 32.3 Å². The smallest absolute Gasteiger partial charge is 0.107 e. The fourth-order valence-electron chi connectivity index (χ4n) is 2.92. The van der Waals surface area contributed by atoms with Gasteiger partial charge in [-0.05, 0) is 42.5 Å². The van der Waals surface area contributed by atoms with Gasteiger partial charge in [0.1, 0.15) is 5.60 Å². The summed E-state index contributed by atoms with van der Waals surface area (Å²) in [4.78, 5) is 0. The van der Waals surface area contributed by atoms with Gasteiger partial charge in [-0.2, -0.15) is 0 Å². The average Bonchev–Trinajstić information content (AvgIpc) is 2.92. The average molecular weight is 267 g/mol. The number of nitrogens with one attached hydrogen (secondary N) is 1. The highest BCUT2D eigenvalue weighted by molar-refractivity contribution is 5.57. The normalized spacial score (nSPS) is 20.1. The Morgan fingerprint density at radius 3 is 2.50 bits per heavy atom. The highest BCUT2D eigenvalue weighted by Gasteiger charge is 2.37. The molecule has 20 heavy (non-hydrogen) atoms. The molecule has 0 amide bonds. The molecule has 2 N–H and O–H groups in total. The minimum atomic E-state index is -0.870. The summed E-state index contributed by atoms with van der Waals surface area (Å²) < 4.78 is 0. The first-order valence-corrected chi connectivity index (χ1v) is 7.27. The molecule has 0 saturated carbocycles. The molecule has 2 heteroatoms. The van der Waals surface area contributed by atoms with Gasteiger partial charge in [0, 0.05) is 5.69 Å². The molecule has 1 aliphatic heterocycles. The van der Waals surface area contributed by atoms with Crippen LogP contribution >= 0.6 is 0 Å². The van der Waals surface area contributed by atoms with Crippen molar-refractivity contribution in [1.82, 2.24) is 0 Å². The molecule has 1 aliphatic rings. The van der Waals surface area contributed by atoms with Gasteiger partial charge < -0.3 is 10.4 Å². The molecule has 2 atom stereocenters. The second-order valence-corrected chi connectivity index (χ2v) is 5.76. The predicted octanol–water partition coefficient (Wildman–Crippen LogP) is 3.49. The van der Waals surface area contributed by atoms with Gasteiger partial charge in [-0.15, -0.1) is 0 Å². The summed E-state index contributed by atoms with van der Waals surface area (Å²) in [5, 5.41) is 14.4. The molecule has 0 radical (unpaired) electrons. The standard InChI is InChI=1S/C18H21NO/c1-3-13-8-10-15(11-9-13)18(2,20)17-12-14-6-4-5-7-16(14)19-17/h4-11,17,19-20H,3,12H2,1-2H3. The van der Waals surface area contributed by atoms with Crippen LogP contribution in [0, 0.1) is 0 Å². The zero-order chi connectivity index (χ0) is 14.2. The Labute approximate surface area is 120 Å². The number of aliphatic hydroxyl groups is 1. The van der Waals surface area contributed by atoms with Crippen LogP contribution in [0.4, 0.5) is 5.69 Å². The first-order valence-electron chi connectivity index (χ1n) is 7.27. The molecule has 104 valence electrons. The van der Waals surface area contributed by atoms with E-state index in [1.807, 2.05) is 31.2 Å². The summed E-state index contributed by atoms with van der Waals surface area (Å²) in [5.41, 5.74) is 3.82. The van der Waals surface area contributed by atoms with Crippen molar-refractivity contribution in [2.45, 2.75) is 38.3 Å². The maximum absolute atomic E-state index is 11.0. The van der Waals surface area contributed by atoms with Gasteiger partial charge in [-0.3, -0.25) is 0 Å². The fourth-order valence-corrected chi connectivity index (χ4v) is 2.92. The highest BCUT2D eigenvalue weighted by atomic mass is 16.3. The van der Waals surface area contributed by atoms with Gasteiger partial charge in [-0.1, -0.05) is 49.4 Å². The van der Waals surface area contributed by atoms with Gasteiger partial charge in [-0.25, -0.2) is 0 Å². The molecule has 1 heterocycles. The summed E-state index contributed by atoms with van der Waals surface area (Å²) in [5.74, 6) is 0. The van der Waals surface area contributed by atoms with Crippen LogP contribution in [0.25, 0.3) is 0 Å². The molecule has 0 bridgehead atoms. The third kappa shape index (κ3) is 2.20. The number of rotatable bonds is 3. The maximum Gasteiger partial charge on any atom is 0.107 e. The monoisotopic (exact) mass is 267 g/mol. The van der Waals surface area contributed by atoms with Crippen LogP contribution in [0.5, 0.6) is 0 Å². The highest BCUT2D eigenvalue weighted by Crippen LogP contribution is 2.35. The van der Waals surface area contributed by atoms with Gasteiger partial charge in [0.15, 0.2) is 0 Å². The minimum absolute atomic E-state index is 0.0207. The number of hydrogen-bond donors (Lipinski definition) is 2. The van der Waals surface area contributed by atoms with E-state index in [2.05, 4.69) is 36.5 Å². The Balaban J connectivity index is 1.85. The molecular weight excluding hydrogens is 246 g/mol. The number of benzene rings is 2. The lowest BCUT2D eigenvalue weighted by Gasteiger charge is -2.31. The zero-order valence-electron chi connectivity index (χ0n) is 12.1. The van der Waals surface area contributed by atoms with E-state index >= 15 is 0 Å². The van der Waals surface area contributed by atoms with Gasteiger partial charge in [0.05, 0.1) is 6.04 Å². The number of hydrogen-bond acceptors (Lipinski definition) is 2. The Morgan fingerprint density at radius 1 is 1.15 bits per heavy atom. The van der Waals surface area contributed by atoms with E-state index in [9.17, 15) is 5.11 Å². The number of para-hydroxylation sites is 1. The van der Waals surface area contributed by atoms with Crippen molar-refractivity contribution in [2.75, 3.05) is 5.32 Å². The summed E-state index contributed by atoms with van der Waals surface area (Å²) in [6.07, 6.45) is 1.88. The van der Waals surface area contributed by atoms with Crippen molar-refractivity contribution in [3.63, 3.8) is 0 Å². The van der Waals surface area contributed by atoms with E-state index in [0.717, 1.165) is 24.1 Å². The van der Waals surface area contributed by atoms with Crippen molar-refractivity contribution < 1.29 is 5.11 Å². The van der Waals surface area contributed by atoms with E-state index in [1.165, 1.54) is 11.1 Å². The van der Waals surface area contributed by atoms with Crippen LogP contribution in [-0.2, 0) is 18.4 Å². The SMILES string of the molecule is CCc1ccc(C(C)(O)C2Cc3ccccc3N2)cc1. The largest absolute Gasteiger partial charge is 0.383 e. The van der Waals surface area contributed by atoms with Gasteiger partial charge >= 0.3 is 0 Å². The summed E-state index contributed by atoms with van der Waals surface area (Å²) in [6, 6.07) is 16.6. The van der Waals surface area contributed by atoms with Crippen molar-refractivity contribution in [2.24, 2.45) is 0 Å². The molecule has 0 saturated heterocycles. The van der Waals surface area contributed by atoms with Crippen LogP contribution < -0.4 is 5.32 Å². The quantitative estimate of drug-likeness (QED) is 0.892. The zero-order valence-corrected chi connectivity index (χ0v) is 12.1. The third-order valence-electron chi connectivity index (χ3n) is 4.40. The number of aryl methyl sites for hydroxylation is 1. The Hall–Kier alpha value is -1.80. The molecule has 0 aliphatic carbocycles. The summed E-state index contributed by atoms with van der Waals surface area (Å²) >= 11 is 0. The molecule has 3 rings (SSSR count). The van der Waals surface area contributed by atoms with Gasteiger partial charge in [0.25, 0.3) is 0 Å². The molecule has 0 aromatic heterocycles. The van der Waals surface area contributed by atoms with E-state index < -0.39 is 5.60 Å². The minimum Gasteiger partial charge on any atom is -0.383 e. The lowest BCUT2D eigenvalue weighted by atomic mass is 9.86. The Bertz CT molecular complexity index is 576. The second-order valence-electron chi connectivity index (χ2n) is 5.76. The molecule has 2 unspecified atom stereocenters. The third-order valence-corrected chi connectivity index (χ3v) is 4.40. The summed E-state index contributed by atoms with van der Waals surface area (Å²) in [7, 11) is 0. The maximum atomic E-state index is 11.0. The number of fused-ring (bicyclic) bond motifs is 1. The van der Waals surface area contributed by atoms with Crippen LogP contribution in [0.15, 0.2) is 48.5 Å².